The number of carbonyl (C=O) groups excluding carboxylic acids is 1. The summed E-state index contributed by atoms with van der Waals surface area (Å²) in [4.78, 5) is 18.5. The van der Waals surface area contributed by atoms with E-state index in [-0.39, 0.29) is 5.91 Å². The van der Waals surface area contributed by atoms with Crippen molar-refractivity contribution in [1.82, 2.24) is 14.5 Å². The third-order valence-corrected chi connectivity index (χ3v) is 3.73. The Balaban J connectivity index is 0.00000127. The van der Waals surface area contributed by atoms with Crippen LogP contribution in [0.2, 0.25) is 5.02 Å². The molecule has 0 aliphatic heterocycles. The first-order valence-corrected chi connectivity index (χ1v) is 8.48. The summed E-state index contributed by atoms with van der Waals surface area (Å²) in [5.41, 5.74) is 1.78. The number of likely N-dealkylation sites (N-methyl/N-ethyl adjacent to an activating group) is 1. The van der Waals surface area contributed by atoms with Gasteiger partial charge in [-0.05, 0) is 38.1 Å². The van der Waals surface area contributed by atoms with E-state index in [4.69, 9.17) is 11.6 Å². The summed E-state index contributed by atoms with van der Waals surface area (Å²) in [6.07, 6.45) is 2.24. The van der Waals surface area contributed by atoms with Gasteiger partial charge in [-0.15, -0.1) is 0 Å². The van der Waals surface area contributed by atoms with Crippen LogP contribution in [0.1, 0.15) is 33.4 Å². The molecule has 23 heavy (non-hydrogen) atoms. The number of aromatic nitrogens is 2. The van der Waals surface area contributed by atoms with E-state index >= 15 is 0 Å². The summed E-state index contributed by atoms with van der Waals surface area (Å²) >= 11 is 5.90. The number of hydrogen-bond acceptors (Lipinski definition) is 2. The molecule has 0 saturated carbocycles. The lowest BCUT2D eigenvalue weighted by Crippen LogP contribution is -2.31. The molecule has 126 valence electrons. The third-order valence-electron chi connectivity index (χ3n) is 3.48. The van der Waals surface area contributed by atoms with Gasteiger partial charge in [-0.2, -0.15) is 0 Å². The molecule has 0 bridgehead atoms. The lowest BCUT2D eigenvalue weighted by molar-refractivity contribution is -0.130. The van der Waals surface area contributed by atoms with Crippen molar-refractivity contribution in [2.45, 2.75) is 34.1 Å². The minimum absolute atomic E-state index is 0.112. The summed E-state index contributed by atoms with van der Waals surface area (Å²) in [6.45, 7) is 9.43. The number of hydrogen-bond donors (Lipinski definition) is 0. The molecule has 2 aromatic rings. The molecule has 0 unspecified atom stereocenters. The van der Waals surface area contributed by atoms with Crippen LogP contribution in [0.3, 0.4) is 0 Å². The van der Waals surface area contributed by atoms with Gasteiger partial charge in [-0.3, -0.25) is 4.79 Å². The van der Waals surface area contributed by atoms with Crippen LogP contribution in [-0.2, 0) is 18.3 Å². The molecule has 5 heteroatoms. The topological polar surface area (TPSA) is 38.1 Å². The Morgan fingerprint density at radius 3 is 2.26 bits per heavy atom. The maximum absolute atomic E-state index is 12.1. The third kappa shape index (κ3) is 5.10. The zero-order valence-electron chi connectivity index (χ0n) is 14.6. The molecule has 2 rings (SSSR count). The fourth-order valence-electron chi connectivity index (χ4n) is 2.32. The van der Waals surface area contributed by atoms with Gasteiger partial charge >= 0.3 is 0 Å². The summed E-state index contributed by atoms with van der Waals surface area (Å²) in [7, 11) is 1.93. The van der Waals surface area contributed by atoms with Crippen LogP contribution in [0.25, 0.3) is 11.4 Å². The molecule has 1 aromatic heterocycles. The number of halogens is 1. The van der Waals surface area contributed by atoms with Crippen molar-refractivity contribution in [3.05, 3.63) is 41.2 Å². The van der Waals surface area contributed by atoms with Crippen molar-refractivity contribution in [3.63, 3.8) is 0 Å². The number of benzene rings is 1. The van der Waals surface area contributed by atoms with E-state index < -0.39 is 0 Å². The molecular weight excluding hydrogens is 310 g/mol. The van der Waals surface area contributed by atoms with Crippen LogP contribution < -0.4 is 0 Å². The Bertz CT molecular complexity index is 616. The zero-order chi connectivity index (χ0) is 17.4. The molecule has 0 aliphatic rings. The Labute approximate surface area is 144 Å². The number of amides is 1. The first-order valence-electron chi connectivity index (χ1n) is 8.11. The van der Waals surface area contributed by atoms with Gasteiger partial charge in [-0.25, -0.2) is 4.98 Å². The van der Waals surface area contributed by atoms with E-state index in [0.29, 0.717) is 11.4 Å². The normalized spacial score (nSPS) is 10.0. The lowest BCUT2D eigenvalue weighted by Gasteiger charge is -2.17. The summed E-state index contributed by atoms with van der Waals surface area (Å²) < 4.78 is 1.94. The Hall–Kier alpha value is -1.81. The second kappa shape index (κ2) is 9.36. The molecule has 1 amide bonds. The van der Waals surface area contributed by atoms with Crippen molar-refractivity contribution in [1.29, 1.82) is 0 Å². The molecule has 0 aliphatic carbocycles. The molecule has 0 atom stereocenters. The van der Waals surface area contributed by atoms with Crippen molar-refractivity contribution < 1.29 is 4.79 Å². The van der Waals surface area contributed by atoms with E-state index in [2.05, 4.69) is 4.98 Å². The van der Waals surface area contributed by atoms with Gasteiger partial charge in [0.1, 0.15) is 5.82 Å². The molecule has 4 nitrogen and oxygen atoms in total. The van der Waals surface area contributed by atoms with Crippen LogP contribution in [0, 0.1) is 0 Å². The van der Waals surface area contributed by atoms with Crippen molar-refractivity contribution in [3.8, 4) is 11.4 Å². The van der Waals surface area contributed by atoms with Gasteiger partial charge in [0, 0.05) is 36.9 Å². The van der Waals surface area contributed by atoms with Gasteiger partial charge in [0.2, 0.25) is 5.91 Å². The number of aryl methyl sites for hydroxylation is 1. The van der Waals surface area contributed by atoms with E-state index in [1.165, 1.54) is 0 Å². The highest BCUT2D eigenvalue weighted by atomic mass is 35.5. The predicted octanol–water partition coefficient (Wildman–Crippen LogP) is 4.18. The maximum Gasteiger partial charge on any atom is 0.228 e. The quantitative estimate of drug-likeness (QED) is 0.822. The Morgan fingerprint density at radius 2 is 1.74 bits per heavy atom. The van der Waals surface area contributed by atoms with Crippen LogP contribution in [0.15, 0.2) is 30.5 Å². The van der Waals surface area contributed by atoms with E-state index in [1.807, 2.05) is 74.7 Å². The maximum atomic E-state index is 12.1. The van der Waals surface area contributed by atoms with Crippen LogP contribution in [0.4, 0.5) is 0 Å². The van der Waals surface area contributed by atoms with Gasteiger partial charge in [0.25, 0.3) is 0 Å². The fourth-order valence-corrected chi connectivity index (χ4v) is 2.45. The minimum Gasteiger partial charge on any atom is -0.343 e. The lowest BCUT2D eigenvalue weighted by atomic mass is 10.2. The summed E-state index contributed by atoms with van der Waals surface area (Å²) in [5.74, 6) is 0.953. The monoisotopic (exact) mass is 335 g/mol. The standard InChI is InChI=1S/C16H20ClN3O.C2H6/c1-4-20(5-2)15(21)10-14-11-19(3)16(18-14)12-6-8-13(17)9-7-12;1-2/h6-9,11H,4-5,10H2,1-3H3;1-2H3. The van der Waals surface area contributed by atoms with E-state index in [0.717, 1.165) is 30.2 Å². The molecular formula is C18H26ClN3O. The van der Waals surface area contributed by atoms with Gasteiger partial charge in [0.15, 0.2) is 0 Å². The second-order valence-electron chi connectivity index (χ2n) is 4.92. The predicted molar refractivity (Wildman–Crippen MR) is 96.6 cm³/mol. The number of nitrogens with zero attached hydrogens (tertiary/aromatic N) is 3. The average Bonchev–Trinajstić information content (AvgIpc) is 2.91. The molecule has 0 radical (unpaired) electrons. The highest BCUT2D eigenvalue weighted by Crippen LogP contribution is 2.20. The summed E-state index contributed by atoms with van der Waals surface area (Å²) in [6, 6.07) is 7.54. The van der Waals surface area contributed by atoms with Crippen LogP contribution in [0.5, 0.6) is 0 Å². The molecule has 0 spiro atoms. The minimum atomic E-state index is 0.112. The average molecular weight is 336 g/mol. The largest absolute Gasteiger partial charge is 0.343 e. The Morgan fingerprint density at radius 1 is 1.17 bits per heavy atom. The SMILES string of the molecule is CC.CCN(CC)C(=O)Cc1cn(C)c(-c2ccc(Cl)cc2)n1. The van der Waals surface area contributed by atoms with Crippen molar-refractivity contribution in [2.24, 2.45) is 7.05 Å². The first kappa shape index (κ1) is 19.2. The Kier molecular flexibility index (Phi) is 7.83. The van der Waals surface area contributed by atoms with Crippen molar-refractivity contribution >= 4 is 17.5 Å². The van der Waals surface area contributed by atoms with Crippen LogP contribution >= 0.6 is 11.6 Å². The molecule has 0 fully saturated rings. The first-order chi connectivity index (χ1) is 11.0. The highest BCUT2D eigenvalue weighted by molar-refractivity contribution is 6.30. The van der Waals surface area contributed by atoms with Crippen molar-refractivity contribution in [2.75, 3.05) is 13.1 Å². The number of rotatable bonds is 5. The fraction of sp³-hybridized carbons (Fsp3) is 0.444. The van der Waals surface area contributed by atoms with Crippen LogP contribution in [-0.4, -0.2) is 33.4 Å². The molecule has 1 aromatic carbocycles. The second-order valence-corrected chi connectivity index (χ2v) is 5.35. The van der Waals surface area contributed by atoms with E-state index in [9.17, 15) is 4.79 Å². The number of carbonyl (C=O) groups is 1. The highest BCUT2D eigenvalue weighted by Gasteiger charge is 2.14. The van der Waals surface area contributed by atoms with E-state index in [1.54, 1.807) is 0 Å². The molecule has 1 heterocycles. The summed E-state index contributed by atoms with van der Waals surface area (Å²) in [5, 5.41) is 0.699. The zero-order valence-corrected chi connectivity index (χ0v) is 15.4. The van der Waals surface area contributed by atoms with Gasteiger partial charge in [-0.1, -0.05) is 25.4 Å². The smallest absolute Gasteiger partial charge is 0.228 e. The molecule has 0 saturated heterocycles. The van der Waals surface area contributed by atoms with Gasteiger partial charge in [0.05, 0.1) is 12.1 Å². The van der Waals surface area contributed by atoms with Gasteiger partial charge < -0.3 is 9.47 Å². The number of imidazole rings is 1. The molecule has 0 N–H and O–H groups in total.